The van der Waals surface area contributed by atoms with E-state index in [1.807, 2.05) is 0 Å². The van der Waals surface area contributed by atoms with E-state index >= 15 is 0 Å². The third-order valence-electron chi connectivity index (χ3n) is 3.81. The Labute approximate surface area is 116 Å². The van der Waals surface area contributed by atoms with E-state index in [1.54, 1.807) is 24.3 Å². The van der Waals surface area contributed by atoms with Gasteiger partial charge in [-0.2, -0.15) is 0 Å². The molecule has 0 radical (unpaired) electrons. The quantitative estimate of drug-likeness (QED) is 0.911. The average Bonchev–Trinajstić information content (AvgIpc) is 2.83. The Morgan fingerprint density at radius 1 is 0.900 bits per heavy atom. The fourth-order valence-corrected chi connectivity index (χ4v) is 2.83. The van der Waals surface area contributed by atoms with Crippen LogP contribution in [-0.4, -0.2) is 12.6 Å². The largest absolute Gasteiger partial charge is 0.363 e. The standard InChI is InChI=1S/C16H16F2N2/c17-12-3-1-11(2-4-12)16-15(19)9-10-20(16)14-7-5-13(18)6-8-14/h1-8,15-16H,9-10,19H2/t15?,16-/m0/s1. The molecule has 2 nitrogen and oxygen atoms in total. The van der Waals surface area contributed by atoms with Crippen molar-refractivity contribution in [3.05, 3.63) is 65.7 Å². The van der Waals surface area contributed by atoms with Crippen molar-refractivity contribution in [3.63, 3.8) is 0 Å². The van der Waals surface area contributed by atoms with Gasteiger partial charge in [-0.25, -0.2) is 8.78 Å². The first-order chi connectivity index (χ1) is 9.65. The van der Waals surface area contributed by atoms with Gasteiger partial charge < -0.3 is 10.6 Å². The van der Waals surface area contributed by atoms with Crippen LogP contribution in [0.4, 0.5) is 14.5 Å². The number of anilines is 1. The number of hydrogen-bond donors (Lipinski definition) is 1. The van der Waals surface area contributed by atoms with E-state index in [0.717, 1.165) is 24.2 Å². The number of halogens is 2. The van der Waals surface area contributed by atoms with E-state index in [-0.39, 0.29) is 23.7 Å². The Kier molecular flexibility index (Phi) is 3.40. The van der Waals surface area contributed by atoms with Crippen LogP contribution in [0.5, 0.6) is 0 Å². The van der Waals surface area contributed by atoms with Crippen molar-refractivity contribution in [3.8, 4) is 0 Å². The summed E-state index contributed by atoms with van der Waals surface area (Å²) in [6.45, 7) is 0.814. The van der Waals surface area contributed by atoms with Gasteiger partial charge in [0.15, 0.2) is 0 Å². The van der Waals surface area contributed by atoms with E-state index in [1.165, 1.54) is 24.3 Å². The lowest BCUT2D eigenvalue weighted by Crippen LogP contribution is -2.31. The van der Waals surface area contributed by atoms with Crippen molar-refractivity contribution in [1.29, 1.82) is 0 Å². The molecule has 1 saturated heterocycles. The smallest absolute Gasteiger partial charge is 0.123 e. The van der Waals surface area contributed by atoms with Crippen molar-refractivity contribution in [2.45, 2.75) is 18.5 Å². The lowest BCUT2D eigenvalue weighted by atomic mass is 10.0. The van der Waals surface area contributed by atoms with Gasteiger partial charge in [0.1, 0.15) is 11.6 Å². The number of nitrogens with zero attached hydrogens (tertiary/aromatic N) is 1. The van der Waals surface area contributed by atoms with E-state index in [4.69, 9.17) is 5.73 Å². The summed E-state index contributed by atoms with van der Waals surface area (Å²) in [6.07, 6.45) is 0.861. The Morgan fingerprint density at radius 3 is 2.05 bits per heavy atom. The van der Waals surface area contributed by atoms with Crippen LogP contribution in [0.2, 0.25) is 0 Å². The molecule has 104 valence electrons. The number of benzene rings is 2. The van der Waals surface area contributed by atoms with E-state index in [0.29, 0.717) is 0 Å². The predicted octanol–water partition coefficient (Wildman–Crippen LogP) is 3.24. The first-order valence-corrected chi connectivity index (χ1v) is 6.68. The minimum atomic E-state index is -0.256. The summed E-state index contributed by atoms with van der Waals surface area (Å²) < 4.78 is 26.1. The molecule has 2 atom stereocenters. The molecule has 20 heavy (non-hydrogen) atoms. The summed E-state index contributed by atoms with van der Waals surface area (Å²) in [7, 11) is 0. The lowest BCUT2D eigenvalue weighted by molar-refractivity contribution is 0.600. The Hall–Kier alpha value is -1.94. The second-order valence-electron chi connectivity index (χ2n) is 5.12. The molecular formula is C16H16F2N2. The summed E-state index contributed by atoms with van der Waals surface area (Å²) in [5, 5.41) is 0. The van der Waals surface area contributed by atoms with Crippen LogP contribution >= 0.6 is 0 Å². The van der Waals surface area contributed by atoms with Crippen molar-refractivity contribution in [2.24, 2.45) is 5.73 Å². The van der Waals surface area contributed by atoms with E-state index in [9.17, 15) is 8.78 Å². The molecular weight excluding hydrogens is 258 g/mol. The highest BCUT2D eigenvalue weighted by atomic mass is 19.1. The number of rotatable bonds is 2. The van der Waals surface area contributed by atoms with Gasteiger partial charge >= 0.3 is 0 Å². The van der Waals surface area contributed by atoms with Crippen molar-refractivity contribution in [1.82, 2.24) is 0 Å². The Morgan fingerprint density at radius 2 is 1.45 bits per heavy atom. The highest BCUT2D eigenvalue weighted by Gasteiger charge is 2.33. The van der Waals surface area contributed by atoms with Gasteiger partial charge in [0.25, 0.3) is 0 Å². The molecule has 0 aromatic heterocycles. The molecule has 0 aliphatic carbocycles. The lowest BCUT2D eigenvalue weighted by Gasteiger charge is -2.29. The van der Waals surface area contributed by atoms with Gasteiger partial charge in [0.05, 0.1) is 6.04 Å². The van der Waals surface area contributed by atoms with Crippen LogP contribution in [0, 0.1) is 11.6 Å². The third-order valence-corrected chi connectivity index (χ3v) is 3.81. The normalized spacial score (nSPS) is 22.2. The molecule has 0 bridgehead atoms. The maximum atomic E-state index is 13.0. The van der Waals surface area contributed by atoms with Gasteiger partial charge in [-0.15, -0.1) is 0 Å². The minimum Gasteiger partial charge on any atom is -0.363 e. The van der Waals surface area contributed by atoms with E-state index < -0.39 is 0 Å². The van der Waals surface area contributed by atoms with Crippen LogP contribution in [0.25, 0.3) is 0 Å². The highest BCUT2D eigenvalue weighted by Crippen LogP contribution is 2.35. The Balaban J connectivity index is 1.94. The maximum absolute atomic E-state index is 13.0. The molecule has 3 rings (SSSR count). The molecule has 1 aliphatic heterocycles. The molecule has 2 aromatic rings. The zero-order chi connectivity index (χ0) is 14.1. The third kappa shape index (κ3) is 2.39. The SMILES string of the molecule is NC1CCN(c2ccc(F)cc2)[C@H]1c1ccc(F)cc1. The summed E-state index contributed by atoms with van der Waals surface area (Å²) in [5.74, 6) is -0.510. The van der Waals surface area contributed by atoms with Crippen LogP contribution in [-0.2, 0) is 0 Å². The van der Waals surface area contributed by atoms with Crippen LogP contribution in [0.3, 0.4) is 0 Å². The minimum absolute atomic E-state index is 0.000983. The number of hydrogen-bond acceptors (Lipinski definition) is 2. The van der Waals surface area contributed by atoms with Crippen LogP contribution < -0.4 is 10.6 Å². The zero-order valence-corrected chi connectivity index (χ0v) is 11.0. The fraction of sp³-hybridized carbons (Fsp3) is 0.250. The topological polar surface area (TPSA) is 29.3 Å². The van der Waals surface area contributed by atoms with Gasteiger partial charge in [-0.1, -0.05) is 12.1 Å². The second-order valence-corrected chi connectivity index (χ2v) is 5.12. The maximum Gasteiger partial charge on any atom is 0.123 e. The molecule has 1 unspecified atom stereocenters. The average molecular weight is 274 g/mol. The Bertz CT molecular complexity index is 580. The van der Waals surface area contributed by atoms with Crippen LogP contribution in [0.1, 0.15) is 18.0 Å². The monoisotopic (exact) mass is 274 g/mol. The first kappa shape index (κ1) is 13.1. The zero-order valence-electron chi connectivity index (χ0n) is 11.0. The summed E-state index contributed by atoms with van der Waals surface area (Å²) in [5.41, 5.74) is 8.12. The molecule has 0 spiro atoms. The molecule has 0 saturated carbocycles. The van der Waals surface area contributed by atoms with Crippen molar-refractivity contribution in [2.75, 3.05) is 11.4 Å². The highest BCUT2D eigenvalue weighted by molar-refractivity contribution is 5.51. The van der Waals surface area contributed by atoms with Gasteiger partial charge in [-0.05, 0) is 48.4 Å². The molecule has 1 heterocycles. The molecule has 4 heteroatoms. The molecule has 2 N–H and O–H groups in total. The second kappa shape index (κ2) is 5.21. The fourth-order valence-electron chi connectivity index (χ4n) is 2.83. The summed E-state index contributed by atoms with van der Waals surface area (Å²) in [4.78, 5) is 2.15. The van der Waals surface area contributed by atoms with Crippen molar-refractivity contribution >= 4 is 5.69 Å². The van der Waals surface area contributed by atoms with E-state index in [2.05, 4.69) is 4.90 Å². The number of nitrogens with two attached hydrogens (primary N) is 1. The molecule has 1 aliphatic rings. The van der Waals surface area contributed by atoms with Gasteiger partial charge in [0, 0.05) is 18.3 Å². The van der Waals surface area contributed by atoms with Gasteiger partial charge in [-0.3, -0.25) is 0 Å². The van der Waals surface area contributed by atoms with Crippen LogP contribution in [0.15, 0.2) is 48.5 Å². The summed E-state index contributed by atoms with van der Waals surface area (Å²) >= 11 is 0. The molecule has 1 fully saturated rings. The first-order valence-electron chi connectivity index (χ1n) is 6.68. The predicted molar refractivity (Wildman–Crippen MR) is 75.5 cm³/mol. The van der Waals surface area contributed by atoms with Gasteiger partial charge in [0.2, 0.25) is 0 Å². The molecule has 0 amide bonds. The summed E-state index contributed by atoms with van der Waals surface area (Å²) in [6, 6.07) is 12.8. The molecule has 2 aromatic carbocycles. The van der Waals surface area contributed by atoms with Crippen molar-refractivity contribution < 1.29 is 8.78 Å².